The van der Waals surface area contributed by atoms with Crippen molar-refractivity contribution in [1.29, 1.82) is 0 Å². The Morgan fingerprint density at radius 3 is 2.60 bits per heavy atom. The molecule has 0 fully saturated rings. The van der Waals surface area contributed by atoms with Crippen LogP contribution in [-0.4, -0.2) is 10.2 Å². The van der Waals surface area contributed by atoms with E-state index in [1.165, 1.54) is 0 Å². The molecule has 0 aliphatic carbocycles. The monoisotopic (exact) mass is 165 g/mol. The molecular formula is C4H8ClN3O2. The number of nitrogens with one attached hydrogen (secondary N) is 1. The molecule has 1 aromatic rings. The number of H-pyrrole nitrogens is 1. The molecule has 58 valence electrons. The lowest BCUT2D eigenvalue weighted by molar-refractivity contribution is 0.437. The smallest absolute Gasteiger partial charge is 0.391 e. The number of nitrogens with two attached hydrogens (primary N) is 1. The van der Waals surface area contributed by atoms with E-state index in [1.807, 2.05) is 0 Å². The molecule has 10 heavy (non-hydrogen) atoms. The second kappa shape index (κ2) is 3.38. The Hall–Kier alpha value is -0.810. The highest BCUT2D eigenvalue weighted by Crippen LogP contribution is 1.98. The van der Waals surface area contributed by atoms with Crippen LogP contribution in [0.5, 0.6) is 0 Å². The normalized spacial score (nSPS) is 12.2. The number of hydrogen-bond acceptors (Lipinski definition) is 4. The molecule has 0 aromatic carbocycles. The second-order valence-electron chi connectivity index (χ2n) is 1.74. The van der Waals surface area contributed by atoms with E-state index < -0.39 is 5.76 Å². The van der Waals surface area contributed by atoms with Gasteiger partial charge in [-0.25, -0.2) is 9.89 Å². The Balaban J connectivity index is 0.000000810. The summed E-state index contributed by atoms with van der Waals surface area (Å²) >= 11 is 0. The van der Waals surface area contributed by atoms with E-state index in [9.17, 15) is 4.79 Å². The van der Waals surface area contributed by atoms with Crippen LogP contribution in [-0.2, 0) is 0 Å². The van der Waals surface area contributed by atoms with E-state index in [-0.39, 0.29) is 24.3 Å². The first-order valence-electron chi connectivity index (χ1n) is 2.51. The summed E-state index contributed by atoms with van der Waals surface area (Å²) in [4.78, 5) is 10.3. The molecule has 1 atom stereocenters. The molecule has 0 aliphatic heterocycles. The van der Waals surface area contributed by atoms with Crippen molar-refractivity contribution in [1.82, 2.24) is 10.2 Å². The van der Waals surface area contributed by atoms with Gasteiger partial charge in [0, 0.05) is 0 Å². The van der Waals surface area contributed by atoms with E-state index in [0.717, 1.165) is 0 Å². The summed E-state index contributed by atoms with van der Waals surface area (Å²) in [6, 6.07) is -0.330. The van der Waals surface area contributed by atoms with Crippen LogP contribution >= 0.6 is 12.4 Å². The molecule has 0 spiro atoms. The standard InChI is InChI=1S/C4H7N3O2.ClH/c1-2(5)3-6-7-4(8)9-3;/h2H,5H2,1H3,(H,7,8);1H/t2-;/m0./s1. The van der Waals surface area contributed by atoms with Gasteiger partial charge in [0.1, 0.15) is 0 Å². The van der Waals surface area contributed by atoms with Crippen molar-refractivity contribution in [2.24, 2.45) is 5.73 Å². The highest BCUT2D eigenvalue weighted by atomic mass is 35.5. The van der Waals surface area contributed by atoms with Crippen LogP contribution in [0, 0.1) is 0 Å². The average molecular weight is 166 g/mol. The molecule has 0 amide bonds. The van der Waals surface area contributed by atoms with Crippen molar-refractivity contribution in [3.8, 4) is 0 Å². The van der Waals surface area contributed by atoms with Crippen LogP contribution in [0.25, 0.3) is 0 Å². The summed E-state index contributed by atoms with van der Waals surface area (Å²) in [5.41, 5.74) is 5.31. The Morgan fingerprint density at radius 1 is 1.80 bits per heavy atom. The summed E-state index contributed by atoms with van der Waals surface area (Å²) in [6.07, 6.45) is 0. The summed E-state index contributed by atoms with van der Waals surface area (Å²) in [5.74, 6) is -0.331. The van der Waals surface area contributed by atoms with Crippen LogP contribution in [0.2, 0.25) is 0 Å². The van der Waals surface area contributed by atoms with E-state index in [0.29, 0.717) is 0 Å². The molecule has 0 radical (unpaired) electrons. The Kier molecular flexibility index (Phi) is 3.11. The maximum absolute atomic E-state index is 10.3. The van der Waals surface area contributed by atoms with Crippen LogP contribution in [0.3, 0.4) is 0 Å². The first-order valence-corrected chi connectivity index (χ1v) is 2.51. The van der Waals surface area contributed by atoms with E-state index >= 15 is 0 Å². The summed E-state index contributed by atoms with van der Waals surface area (Å²) in [5, 5.41) is 5.58. The van der Waals surface area contributed by atoms with Crippen LogP contribution < -0.4 is 11.5 Å². The predicted octanol–water partition coefficient (Wildman–Crippen LogP) is -0.196. The van der Waals surface area contributed by atoms with Gasteiger partial charge in [0.25, 0.3) is 0 Å². The Bertz CT molecular complexity index is 241. The number of rotatable bonds is 1. The lowest BCUT2D eigenvalue weighted by atomic mass is 10.4. The SMILES string of the molecule is C[C@H](N)c1n[nH]c(=O)o1.Cl. The van der Waals surface area contributed by atoms with Crippen molar-refractivity contribution in [2.75, 3.05) is 0 Å². The zero-order valence-corrected chi connectivity index (χ0v) is 6.14. The Labute approximate surface area is 63.0 Å². The lowest BCUT2D eigenvalue weighted by Crippen LogP contribution is -2.05. The summed E-state index contributed by atoms with van der Waals surface area (Å²) in [7, 11) is 0. The molecule has 0 aliphatic rings. The van der Waals surface area contributed by atoms with Crippen LogP contribution in [0.1, 0.15) is 18.9 Å². The van der Waals surface area contributed by atoms with Gasteiger partial charge in [0.05, 0.1) is 6.04 Å². The highest BCUT2D eigenvalue weighted by Gasteiger charge is 2.04. The van der Waals surface area contributed by atoms with Crippen LogP contribution in [0.15, 0.2) is 9.21 Å². The van der Waals surface area contributed by atoms with Gasteiger partial charge in [0.15, 0.2) is 0 Å². The Morgan fingerprint density at radius 2 is 2.40 bits per heavy atom. The molecule has 6 heteroatoms. The maximum Gasteiger partial charge on any atom is 0.434 e. The molecule has 1 aromatic heterocycles. The van der Waals surface area contributed by atoms with Gasteiger partial charge in [-0.1, -0.05) is 0 Å². The quantitative estimate of drug-likeness (QED) is 0.604. The van der Waals surface area contributed by atoms with Gasteiger partial charge in [-0.2, -0.15) is 0 Å². The van der Waals surface area contributed by atoms with Gasteiger partial charge in [-0.15, -0.1) is 17.5 Å². The third-order valence-corrected chi connectivity index (χ3v) is 0.844. The molecular weight excluding hydrogens is 158 g/mol. The largest absolute Gasteiger partial charge is 0.434 e. The zero-order chi connectivity index (χ0) is 6.85. The number of aromatic amines is 1. The molecule has 1 heterocycles. The molecule has 0 saturated carbocycles. The third kappa shape index (κ3) is 1.85. The van der Waals surface area contributed by atoms with Gasteiger partial charge >= 0.3 is 5.76 Å². The van der Waals surface area contributed by atoms with Gasteiger partial charge in [0.2, 0.25) is 5.89 Å². The molecule has 5 nitrogen and oxygen atoms in total. The van der Waals surface area contributed by atoms with Crippen molar-refractivity contribution >= 4 is 12.4 Å². The van der Waals surface area contributed by atoms with Crippen molar-refractivity contribution in [3.05, 3.63) is 16.4 Å². The molecule has 0 bridgehead atoms. The average Bonchev–Trinajstić information content (AvgIpc) is 2.14. The van der Waals surface area contributed by atoms with Crippen molar-refractivity contribution in [2.45, 2.75) is 13.0 Å². The first kappa shape index (κ1) is 9.19. The number of halogens is 1. The van der Waals surface area contributed by atoms with Crippen LogP contribution in [0.4, 0.5) is 0 Å². The first-order chi connectivity index (χ1) is 4.20. The van der Waals surface area contributed by atoms with Crippen molar-refractivity contribution < 1.29 is 4.42 Å². The zero-order valence-electron chi connectivity index (χ0n) is 5.33. The number of nitrogens with zero attached hydrogens (tertiary/aromatic N) is 1. The molecule has 3 N–H and O–H groups in total. The topological polar surface area (TPSA) is 84.9 Å². The van der Waals surface area contributed by atoms with E-state index in [4.69, 9.17) is 5.73 Å². The molecule has 0 unspecified atom stereocenters. The summed E-state index contributed by atoms with van der Waals surface area (Å²) < 4.78 is 4.50. The maximum atomic E-state index is 10.3. The van der Waals surface area contributed by atoms with Gasteiger partial charge in [-0.05, 0) is 6.92 Å². The minimum absolute atomic E-state index is 0. The fraction of sp³-hybridized carbons (Fsp3) is 0.500. The minimum atomic E-state index is -0.567. The molecule has 1 rings (SSSR count). The predicted molar refractivity (Wildman–Crippen MR) is 37.0 cm³/mol. The van der Waals surface area contributed by atoms with Crippen molar-refractivity contribution in [3.63, 3.8) is 0 Å². The van der Waals surface area contributed by atoms with Gasteiger partial charge < -0.3 is 10.2 Å². The fourth-order valence-electron chi connectivity index (χ4n) is 0.436. The minimum Gasteiger partial charge on any atom is -0.391 e. The van der Waals surface area contributed by atoms with E-state index in [1.54, 1.807) is 6.92 Å². The molecule has 0 saturated heterocycles. The lowest BCUT2D eigenvalue weighted by Gasteiger charge is -1.91. The summed E-state index contributed by atoms with van der Waals surface area (Å²) in [6.45, 7) is 1.68. The van der Waals surface area contributed by atoms with Gasteiger partial charge in [-0.3, -0.25) is 0 Å². The second-order valence-corrected chi connectivity index (χ2v) is 1.74. The number of aromatic nitrogens is 2. The number of hydrogen-bond donors (Lipinski definition) is 2. The van der Waals surface area contributed by atoms with E-state index in [2.05, 4.69) is 14.6 Å². The highest BCUT2D eigenvalue weighted by molar-refractivity contribution is 5.85. The third-order valence-electron chi connectivity index (χ3n) is 0.844. The fourth-order valence-corrected chi connectivity index (χ4v) is 0.436.